The zero-order valence-electron chi connectivity index (χ0n) is 14.4. The van der Waals surface area contributed by atoms with Crippen molar-refractivity contribution in [3.05, 3.63) is 34.0 Å². The number of hydrogen-bond acceptors (Lipinski definition) is 6. The normalized spacial score (nSPS) is 14.3. The van der Waals surface area contributed by atoms with Gasteiger partial charge in [0.1, 0.15) is 0 Å². The van der Waals surface area contributed by atoms with Gasteiger partial charge in [0.15, 0.2) is 0 Å². The molecule has 27 heavy (non-hydrogen) atoms. The van der Waals surface area contributed by atoms with Crippen LogP contribution in [-0.2, 0) is 32.0 Å². The molecule has 1 aromatic heterocycles. The first-order chi connectivity index (χ1) is 12.9. The van der Waals surface area contributed by atoms with Crippen LogP contribution >= 0.6 is 11.6 Å². The van der Waals surface area contributed by atoms with Crippen LogP contribution in [0.5, 0.6) is 0 Å². The second-order valence-corrected chi connectivity index (χ2v) is 6.25. The maximum absolute atomic E-state index is 12.5. The highest BCUT2D eigenvalue weighted by Gasteiger charge is 2.24. The number of fused-ring (bicyclic) bond motifs is 3. The lowest BCUT2D eigenvalue weighted by Crippen LogP contribution is -2.26. The zero-order chi connectivity index (χ0) is 19.6. The quantitative estimate of drug-likeness (QED) is 0.234. The molecule has 0 spiro atoms. The molecular formula is C17H17ClN4O5. The van der Waals surface area contributed by atoms with E-state index in [1.54, 1.807) is 13.0 Å². The van der Waals surface area contributed by atoms with Crippen LogP contribution in [0.2, 0.25) is 5.02 Å². The van der Waals surface area contributed by atoms with Crippen molar-refractivity contribution in [2.24, 2.45) is 10.9 Å². The van der Waals surface area contributed by atoms with E-state index in [0.29, 0.717) is 34.5 Å². The molecule has 1 aliphatic rings. The standard InChI is InChI=1S/C17H17ClN4O5/c1-2-26-17(25)15(19)22-27-16(24)10-5-8(18)6-12-14(10)9-7-13(23)20-4-3-11(9)21-12/h5-6,21H,2-4,7H2,1H3,(H2,19,22)(H,20,23). The van der Waals surface area contributed by atoms with Crippen LogP contribution in [-0.4, -0.2) is 41.8 Å². The number of carbonyl (C=O) groups excluding carboxylic acids is 3. The molecular weight excluding hydrogens is 376 g/mol. The largest absolute Gasteiger partial charge is 0.460 e. The summed E-state index contributed by atoms with van der Waals surface area (Å²) in [6.07, 6.45) is 0.710. The van der Waals surface area contributed by atoms with E-state index in [1.165, 1.54) is 6.07 Å². The van der Waals surface area contributed by atoms with Gasteiger partial charge in [0.05, 0.1) is 18.6 Å². The Labute approximate surface area is 158 Å². The second-order valence-electron chi connectivity index (χ2n) is 5.81. The van der Waals surface area contributed by atoms with Crippen LogP contribution in [0.25, 0.3) is 10.9 Å². The highest BCUT2D eigenvalue weighted by Crippen LogP contribution is 2.31. The number of rotatable bonds is 3. The summed E-state index contributed by atoms with van der Waals surface area (Å²) in [5, 5.41) is 6.93. The number of amidine groups is 1. The first-order valence-electron chi connectivity index (χ1n) is 8.22. The number of H-pyrrole nitrogens is 1. The monoisotopic (exact) mass is 392 g/mol. The maximum Gasteiger partial charge on any atom is 0.377 e. The van der Waals surface area contributed by atoms with Crippen molar-refractivity contribution in [3.8, 4) is 0 Å². The SMILES string of the molecule is CCOC(=O)/C(N)=N/OC(=O)c1cc(Cl)cc2[nH]c3c(c12)CC(=O)NCC3. The fraction of sp³-hybridized carbons (Fsp3) is 0.294. The van der Waals surface area contributed by atoms with Gasteiger partial charge in [-0.2, -0.15) is 0 Å². The molecule has 0 aliphatic carbocycles. The van der Waals surface area contributed by atoms with Gasteiger partial charge in [0.2, 0.25) is 11.7 Å². The first kappa shape index (κ1) is 18.7. The van der Waals surface area contributed by atoms with E-state index in [9.17, 15) is 14.4 Å². The number of ether oxygens (including phenoxy) is 1. The van der Waals surface area contributed by atoms with Gasteiger partial charge in [-0.1, -0.05) is 11.6 Å². The minimum Gasteiger partial charge on any atom is -0.460 e. The van der Waals surface area contributed by atoms with Crippen LogP contribution in [0.15, 0.2) is 17.3 Å². The number of halogens is 1. The molecule has 0 fully saturated rings. The van der Waals surface area contributed by atoms with E-state index >= 15 is 0 Å². The molecule has 3 rings (SSSR count). The lowest BCUT2D eigenvalue weighted by atomic mass is 10.0. The van der Waals surface area contributed by atoms with E-state index < -0.39 is 17.8 Å². The van der Waals surface area contributed by atoms with E-state index in [1.807, 2.05) is 0 Å². The van der Waals surface area contributed by atoms with Gasteiger partial charge in [-0.25, -0.2) is 9.59 Å². The Kier molecular flexibility index (Phi) is 5.31. The zero-order valence-corrected chi connectivity index (χ0v) is 15.2. The number of nitrogens with zero attached hydrogens (tertiary/aromatic N) is 1. The van der Waals surface area contributed by atoms with Crippen molar-refractivity contribution in [1.82, 2.24) is 10.3 Å². The molecule has 9 nitrogen and oxygen atoms in total. The van der Waals surface area contributed by atoms with Gasteiger partial charge in [0, 0.05) is 34.6 Å². The van der Waals surface area contributed by atoms with Crippen LogP contribution in [0.1, 0.15) is 28.5 Å². The van der Waals surface area contributed by atoms with Crippen molar-refractivity contribution >= 4 is 46.2 Å². The summed E-state index contributed by atoms with van der Waals surface area (Å²) in [4.78, 5) is 43.9. The number of benzene rings is 1. The average Bonchev–Trinajstić information content (AvgIpc) is 2.84. The van der Waals surface area contributed by atoms with Gasteiger partial charge in [-0.15, -0.1) is 0 Å². The van der Waals surface area contributed by atoms with Crippen molar-refractivity contribution in [1.29, 1.82) is 0 Å². The van der Waals surface area contributed by atoms with Crippen LogP contribution in [0.4, 0.5) is 0 Å². The van der Waals surface area contributed by atoms with Gasteiger partial charge in [-0.05, 0) is 29.8 Å². The molecule has 2 heterocycles. The van der Waals surface area contributed by atoms with E-state index in [2.05, 4.69) is 20.2 Å². The number of carbonyl (C=O) groups is 3. The number of aromatic amines is 1. The molecule has 4 N–H and O–H groups in total. The predicted octanol–water partition coefficient (Wildman–Crippen LogP) is 1.03. The molecule has 2 aromatic rings. The Bertz CT molecular complexity index is 966. The predicted molar refractivity (Wildman–Crippen MR) is 97.4 cm³/mol. The van der Waals surface area contributed by atoms with Gasteiger partial charge in [0.25, 0.3) is 0 Å². The molecule has 0 saturated heterocycles. The van der Waals surface area contributed by atoms with Gasteiger partial charge < -0.3 is 25.6 Å². The lowest BCUT2D eigenvalue weighted by Gasteiger charge is -2.05. The van der Waals surface area contributed by atoms with Crippen molar-refractivity contribution < 1.29 is 24.0 Å². The smallest absolute Gasteiger partial charge is 0.377 e. The average molecular weight is 393 g/mol. The van der Waals surface area contributed by atoms with Crippen LogP contribution < -0.4 is 11.1 Å². The highest BCUT2D eigenvalue weighted by molar-refractivity contribution is 6.34. The number of nitrogens with two attached hydrogens (primary N) is 1. The summed E-state index contributed by atoms with van der Waals surface area (Å²) in [7, 11) is 0. The Morgan fingerprint density at radius 1 is 1.37 bits per heavy atom. The van der Waals surface area contributed by atoms with Gasteiger partial charge in [-0.3, -0.25) is 4.79 Å². The fourth-order valence-electron chi connectivity index (χ4n) is 2.92. The third kappa shape index (κ3) is 3.87. The minimum absolute atomic E-state index is 0.107. The molecule has 1 amide bonds. The third-order valence-corrected chi connectivity index (χ3v) is 4.24. The lowest BCUT2D eigenvalue weighted by molar-refractivity contribution is -0.135. The number of esters is 1. The minimum atomic E-state index is -0.895. The number of nitrogens with one attached hydrogen (secondary N) is 2. The van der Waals surface area contributed by atoms with E-state index in [-0.39, 0.29) is 24.5 Å². The van der Waals surface area contributed by atoms with Crippen LogP contribution in [0.3, 0.4) is 0 Å². The Morgan fingerprint density at radius 3 is 2.89 bits per heavy atom. The molecule has 0 unspecified atom stereocenters. The summed E-state index contributed by atoms with van der Waals surface area (Å²) < 4.78 is 4.66. The second kappa shape index (κ2) is 7.67. The number of hydrogen-bond donors (Lipinski definition) is 3. The molecule has 142 valence electrons. The van der Waals surface area contributed by atoms with Gasteiger partial charge >= 0.3 is 11.9 Å². The maximum atomic E-state index is 12.5. The van der Waals surface area contributed by atoms with Crippen molar-refractivity contribution in [2.45, 2.75) is 19.8 Å². The topological polar surface area (TPSA) is 136 Å². The number of amides is 1. The molecule has 1 aromatic carbocycles. The summed E-state index contributed by atoms with van der Waals surface area (Å²) in [5.41, 5.74) is 7.68. The fourth-order valence-corrected chi connectivity index (χ4v) is 3.14. The van der Waals surface area contributed by atoms with Crippen molar-refractivity contribution in [3.63, 3.8) is 0 Å². The van der Waals surface area contributed by atoms with Crippen molar-refractivity contribution in [2.75, 3.05) is 13.2 Å². The highest BCUT2D eigenvalue weighted by atomic mass is 35.5. The number of aromatic nitrogens is 1. The van der Waals surface area contributed by atoms with E-state index in [0.717, 1.165) is 5.69 Å². The first-order valence-corrected chi connectivity index (χ1v) is 8.60. The number of oxime groups is 1. The summed E-state index contributed by atoms with van der Waals surface area (Å²) >= 11 is 6.11. The van der Waals surface area contributed by atoms with Crippen LogP contribution in [0, 0.1) is 0 Å². The molecule has 0 atom stereocenters. The summed E-state index contributed by atoms with van der Waals surface area (Å²) in [6, 6.07) is 3.08. The summed E-state index contributed by atoms with van der Waals surface area (Å²) in [5.74, 6) is -2.49. The van der Waals surface area contributed by atoms with E-state index in [4.69, 9.17) is 22.2 Å². The Balaban J connectivity index is 1.99. The molecule has 0 saturated carbocycles. The third-order valence-electron chi connectivity index (χ3n) is 4.02. The molecule has 1 aliphatic heterocycles. The summed E-state index contributed by atoms with van der Waals surface area (Å²) in [6.45, 7) is 2.20. The Morgan fingerprint density at radius 2 is 2.15 bits per heavy atom. The molecule has 10 heteroatoms. The Hall–Kier alpha value is -3.07. The molecule has 0 bridgehead atoms. The molecule has 0 radical (unpaired) electrons.